The predicted molar refractivity (Wildman–Crippen MR) is 71.7 cm³/mol. The second-order valence-corrected chi connectivity index (χ2v) is 4.75. The SMILES string of the molecule is COCCN(C)CC1CCNc2ccccc21. The highest BCUT2D eigenvalue weighted by atomic mass is 16.5. The van der Waals surface area contributed by atoms with E-state index in [0.29, 0.717) is 5.92 Å². The molecule has 0 saturated carbocycles. The second-order valence-electron chi connectivity index (χ2n) is 4.75. The number of likely N-dealkylation sites (N-methyl/N-ethyl adjacent to an activating group) is 1. The summed E-state index contributed by atoms with van der Waals surface area (Å²) >= 11 is 0. The summed E-state index contributed by atoms with van der Waals surface area (Å²) in [4.78, 5) is 2.36. The Morgan fingerprint density at radius 1 is 1.41 bits per heavy atom. The van der Waals surface area contributed by atoms with Crippen molar-refractivity contribution >= 4 is 5.69 Å². The van der Waals surface area contributed by atoms with E-state index < -0.39 is 0 Å². The molecule has 1 aromatic rings. The summed E-state index contributed by atoms with van der Waals surface area (Å²) in [6, 6.07) is 8.66. The van der Waals surface area contributed by atoms with E-state index in [-0.39, 0.29) is 0 Å². The van der Waals surface area contributed by atoms with Crippen LogP contribution in [0, 0.1) is 0 Å². The van der Waals surface area contributed by atoms with Crippen molar-refractivity contribution in [3.63, 3.8) is 0 Å². The fraction of sp³-hybridized carbons (Fsp3) is 0.571. The molecule has 3 heteroatoms. The van der Waals surface area contributed by atoms with Gasteiger partial charge in [-0.25, -0.2) is 0 Å². The van der Waals surface area contributed by atoms with E-state index in [2.05, 4.69) is 41.5 Å². The number of hydrogen-bond acceptors (Lipinski definition) is 3. The number of nitrogens with one attached hydrogen (secondary N) is 1. The molecule has 2 rings (SSSR count). The summed E-state index contributed by atoms with van der Waals surface area (Å²) in [5, 5.41) is 3.47. The Labute approximate surface area is 104 Å². The summed E-state index contributed by atoms with van der Waals surface area (Å²) in [5.41, 5.74) is 2.77. The highest BCUT2D eigenvalue weighted by Crippen LogP contribution is 2.31. The molecule has 94 valence electrons. The molecule has 0 amide bonds. The van der Waals surface area contributed by atoms with Gasteiger partial charge in [0.1, 0.15) is 0 Å². The fourth-order valence-electron chi connectivity index (χ4n) is 2.45. The molecule has 0 aliphatic carbocycles. The lowest BCUT2D eigenvalue weighted by atomic mass is 9.90. The van der Waals surface area contributed by atoms with Gasteiger partial charge < -0.3 is 15.0 Å². The lowest BCUT2D eigenvalue weighted by Crippen LogP contribution is -2.30. The zero-order valence-electron chi connectivity index (χ0n) is 10.8. The highest BCUT2D eigenvalue weighted by molar-refractivity contribution is 5.54. The molecule has 0 spiro atoms. The Kier molecular flexibility index (Phi) is 4.40. The fourth-order valence-corrected chi connectivity index (χ4v) is 2.45. The maximum absolute atomic E-state index is 5.12. The van der Waals surface area contributed by atoms with Crippen molar-refractivity contribution in [2.75, 3.05) is 45.7 Å². The molecular formula is C14H22N2O. The molecule has 17 heavy (non-hydrogen) atoms. The van der Waals surface area contributed by atoms with Gasteiger partial charge in [0, 0.05) is 38.3 Å². The minimum Gasteiger partial charge on any atom is -0.385 e. The van der Waals surface area contributed by atoms with Gasteiger partial charge in [-0.05, 0) is 25.1 Å². The van der Waals surface area contributed by atoms with E-state index >= 15 is 0 Å². The van der Waals surface area contributed by atoms with E-state index in [4.69, 9.17) is 4.74 Å². The third-order valence-electron chi connectivity index (χ3n) is 3.42. The van der Waals surface area contributed by atoms with Crippen LogP contribution >= 0.6 is 0 Å². The van der Waals surface area contributed by atoms with Gasteiger partial charge >= 0.3 is 0 Å². The van der Waals surface area contributed by atoms with Crippen LogP contribution in [0.15, 0.2) is 24.3 Å². The summed E-state index contributed by atoms with van der Waals surface area (Å²) in [5.74, 6) is 0.648. The number of hydrogen-bond donors (Lipinski definition) is 1. The first-order valence-corrected chi connectivity index (χ1v) is 6.31. The van der Waals surface area contributed by atoms with Crippen LogP contribution in [0.25, 0.3) is 0 Å². The van der Waals surface area contributed by atoms with E-state index in [9.17, 15) is 0 Å². The number of para-hydroxylation sites is 1. The lowest BCUT2D eigenvalue weighted by molar-refractivity contribution is 0.157. The first-order chi connectivity index (χ1) is 8.31. The third-order valence-corrected chi connectivity index (χ3v) is 3.42. The normalized spacial score (nSPS) is 18.9. The van der Waals surface area contributed by atoms with Gasteiger partial charge in [0.05, 0.1) is 6.61 Å². The maximum atomic E-state index is 5.12. The van der Waals surface area contributed by atoms with Crippen LogP contribution < -0.4 is 5.32 Å². The lowest BCUT2D eigenvalue weighted by Gasteiger charge is -2.30. The monoisotopic (exact) mass is 234 g/mol. The second kappa shape index (κ2) is 6.03. The van der Waals surface area contributed by atoms with Gasteiger partial charge in [-0.1, -0.05) is 18.2 Å². The number of nitrogens with zero attached hydrogens (tertiary/aromatic N) is 1. The van der Waals surface area contributed by atoms with Gasteiger partial charge in [0.2, 0.25) is 0 Å². The van der Waals surface area contributed by atoms with Gasteiger partial charge in [-0.3, -0.25) is 0 Å². The molecule has 1 aliphatic rings. The molecule has 1 heterocycles. The van der Waals surface area contributed by atoms with Crippen LogP contribution in [0.4, 0.5) is 5.69 Å². The van der Waals surface area contributed by atoms with Crippen LogP contribution in [0.1, 0.15) is 17.9 Å². The number of rotatable bonds is 5. The van der Waals surface area contributed by atoms with Crippen LogP contribution in [0.2, 0.25) is 0 Å². The molecule has 1 atom stereocenters. The molecule has 1 N–H and O–H groups in total. The van der Waals surface area contributed by atoms with Crippen LogP contribution in [-0.4, -0.2) is 45.3 Å². The van der Waals surface area contributed by atoms with Crippen molar-refractivity contribution in [3.8, 4) is 0 Å². The quantitative estimate of drug-likeness (QED) is 0.845. The molecule has 0 saturated heterocycles. The average Bonchev–Trinajstić information content (AvgIpc) is 2.37. The Morgan fingerprint density at radius 2 is 2.24 bits per heavy atom. The molecular weight excluding hydrogens is 212 g/mol. The first-order valence-electron chi connectivity index (χ1n) is 6.31. The summed E-state index contributed by atoms with van der Waals surface area (Å²) in [6.07, 6.45) is 1.22. The van der Waals surface area contributed by atoms with E-state index in [1.807, 2.05) is 0 Å². The van der Waals surface area contributed by atoms with Crippen molar-refractivity contribution in [2.24, 2.45) is 0 Å². The average molecular weight is 234 g/mol. The highest BCUT2D eigenvalue weighted by Gasteiger charge is 2.20. The summed E-state index contributed by atoms with van der Waals surface area (Å²) in [6.45, 7) is 4.01. The zero-order chi connectivity index (χ0) is 12.1. The molecule has 1 aliphatic heterocycles. The minimum absolute atomic E-state index is 0.648. The number of anilines is 1. The molecule has 3 nitrogen and oxygen atoms in total. The third kappa shape index (κ3) is 3.20. The zero-order valence-corrected chi connectivity index (χ0v) is 10.8. The van der Waals surface area contributed by atoms with Gasteiger partial charge in [-0.15, -0.1) is 0 Å². The molecule has 0 bridgehead atoms. The summed E-state index contributed by atoms with van der Waals surface area (Å²) in [7, 11) is 3.93. The predicted octanol–water partition coefficient (Wildman–Crippen LogP) is 2.16. The Bertz CT molecular complexity index is 354. The largest absolute Gasteiger partial charge is 0.385 e. The van der Waals surface area contributed by atoms with E-state index in [1.165, 1.54) is 17.7 Å². The molecule has 1 unspecified atom stereocenters. The van der Waals surface area contributed by atoms with Crippen molar-refractivity contribution in [2.45, 2.75) is 12.3 Å². The smallest absolute Gasteiger partial charge is 0.0589 e. The van der Waals surface area contributed by atoms with Crippen molar-refractivity contribution in [1.29, 1.82) is 0 Å². The summed E-state index contributed by atoms with van der Waals surface area (Å²) < 4.78 is 5.12. The Hall–Kier alpha value is -1.06. The van der Waals surface area contributed by atoms with Gasteiger partial charge in [0.15, 0.2) is 0 Å². The first kappa shape index (κ1) is 12.4. The van der Waals surface area contributed by atoms with Gasteiger partial charge in [0.25, 0.3) is 0 Å². The maximum Gasteiger partial charge on any atom is 0.0589 e. The van der Waals surface area contributed by atoms with E-state index in [1.54, 1.807) is 7.11 Å². The Morgan fingerprint density at radius 3 is 3.06 bits per heavy atom. The Balaban J connectivity index is 1.98. The minimum atomic E-state index is 0.648. The molecule has 0 fully saturated rings. The number of methoxy groups -OCH3 is 1. The van der Waals surface area contributed by atoms with Crippen molar-refractivity contribution in [1.82, 2.24) is 4.90 Å². The standard InChI is InChI=1S/C14H22N2O/c1-16(9-10-17-2)11-12-7-8-15-14-6-4-3-5-13(12)14/h3-6,12,15H,7-11H2,1-2H3. The van der Waals surface area contributed by atoms with E-state index in [0.717, 1.165) is 26.2 Å². The van der Waals surface area contributed by atoms with Crippen LogP contribution in [0.5, 0.6) is 0 Å². The topological polar surface area (TPSA) is 24.5 Å². The molecule has 1 aromatic carbocycles. The van der Waals surface area contributed by atoms with Crippen LogP contribution in [0.3, 0.4) is 0 Å². The van der Waals surface area contributed by atoms with Crippen molar-refractivity contribution in [3.05, 3.63) is 29.8 Å². The number of fused-ring (bicyclic) bond motifs is 1. The molecule has 0 radical (unpaired) electrons. The molecule has 0 aromatic heterocycles. The number of benzene rings is 1. The van der Waals surface area contributed by atoms with Crippen LogP contribution in [-0.2, 0) is 4.74 Å². The number of ether oxygens (including phenoxy) is 1. The van der Waals surface area contributed by atoms with Gasteiger partial charge in [-0.2, -0.15) is 0 Å². The van der Waals surface area contributed by atoms with Crippen molar-refractivity contribution < 1.29 is 4.74 Å².